The van der Waals surface area contributed by atoms with Gasteiger partial charge in [-0.1, -0.05) is 28.1 Å². The fourth-order valence-corrected chi connectivity index (χ4v) is 3.47. The summed E-state index contributed by atoms with van der Waals surface area (Å²) in [7, 11) is 3.51. The van der Waals surface area contributed by atoms with E-state index in [0.29, 0.717) is 6.42 Å². The van der Waals surface area contributed by atoms with Crippen LogP contribution in [0.5, 0.6) is 5.75 Å². The predicted molar refractivity (Wildman–Crippen MR) is 91.7 cm³/mol. The number of carbonyl (C=O) groups excluding carboxylic acids is 1. The molecule has 1 amide bonds. The van der Waals surface area contributed by atoms with Crippen molar-refractivity contribution in [1.29, 1.82) is 0 Å². The molecule has 1 atom stereocenters. The van der Waals surface area contributed by atoms with Gasteiger partial charge in [0.15, 0.2) is 0 Å². The molecule has 2 aromatic rings. The summed E-state index contributed by atoms with van der Waals surface area (Å²) in [5.41, 5.74) is 4.34. The first-order valence-corrected chi connectivity index (χ1v) is 8.01. The third-order valence-electron chi connectivity index (χ3n) is 4.25. The minimum atomic E-state index is -0.120. The predicted octanol–water partition coefficient (Wildman–Crippen LogP) is 4.07. The number of nitrogens with zero attached hydrogens (tertiary/aromatic N) is 1. The Hall–Kier alpha value is -1.81. The molecule has 4 heteroatoms. The Balaban J connectivity index is 1.94. The molecule has 0 aliphatic carbocycles. The minimum Gasteiger partial charge on any atom is -0.496 e. The summed E-state index contributed by atoms with van der Waals surface area (Å²) in [6, 6.07) is 12.1. The van der Waals surface area contributed by atoms with E-state index in [2.05, 4.69) is 28.1 Å². The average molecular weight is 360 g/mol. The Labute approximate surface area is 139 Å². The summed E-state index contributed by atoms with van der Waals surface area (Å²) < 4.78 is 6.30. The summed E-state index contributed by atoms with van der Waals surface area (Å²) in [5, 5.41) is 0. The van der Waals surface area contributed by atoms with Gasteiger partial charge in [-0.3, -0.25) is 4.79 Å². The maximum atomic E-state index is 12.6. The summed E-state index contributed by atoms with van der Waals surface area (Å²) in [6.07, 6.45) is 0.706. The van der Waals surface area contributed by atoms with Gasteiger partial charge in [-0.2, -0.15) is 0 Å². The number of benzene rings is 2. The molecule has 0 N–H and O–H groups in total. The molecule has 1 aliphatic rings. The summed E-state index contributed by atoms with van der Waals surface area (Å²) in [6.45, 7) is 2.02. The van der Waals surface area contributed by atoms with Crippen LogP contribution in [0, 0.1) is 6.92 Å². The van der Waals surface area contributed by atoms with Crippen LogP contribution in [0.15, 0.2) is 40.9 Å². The lowest BCUT2D eigenvalue weighted by Gasteiger charge is -2.12. The molecule has 0 radical (unpaired) electrons. The molecule has 22 heavy (non-hydrogen) atoms. The molecule has 0 spiro atoms. The summed E-state index contributed by atoms with van der Waals surface area (Å²) in [4.78, 5) is 14.3. The highest BCUT2D eigenvalue weighted by atomic mass is 79.9. The number of halogens is 1. The number of hydrogen-bond acceptors (Lipinski definition) is 2. The van der Waals surface area contributed by atoms with Crippen LogP contribution in [0.1, 0.15) is 22.6 Å². The number of hydrogen-bond donors (Lipinski definition) is 0. The highest BCUT2D eigenvalue weighted by Gasteiger charge is 2.35. The van der Waals surface area contributed by atoms with Gasteiger partial charge in [-0.25, -0.2) is 0 Å². The Kier molecular flexibility index (Phi) is 3.96. The number of amides is 1. The molecule has 0 saturated heterocycles. The summed E-state index contributed by atoms with van der Waals surface area (Å²) in [5.74, 6) is 0.911. The van der Waals surface area contributed by atoms with Crippen LogP contribution >= 0.6 is 15.9 Å². The van der Waals surface area contributed by atoms with Crippen molar-refractivity contribution >= 4 is 27.5 Å². The second kappa shape index (κ2) is 5.76. The fraction of sp³-hybridized carbons (Fsp3) is 0.278. The van der Waals surface area contributed by atoms with Crippen LogP contribution in [0.2, 0.25) is 0 Å². The fourth-order valence-electron chi connectivity index (χ4n) is 3.10. The topological polar surface area (TPSA) is 29.5 Å². The van der Waals surface area contributed by atoms with Crippen LogP contribution in [0.4, 0.5) is 5.69 Å². The molecule has 1 unspecified atom stereocenters. The van der Waals surface area contributed by atoms with Gasteiger partial charge in [0.2, 0.25) is 5.91 Å². The van der Waals surface area contributed by atoms with Gasteiger partial charge in [0.05, 0.1) is 13.0 Å². The van der Waals surface area contributed by atoms with Crippen LogP contribution in [0.3, 0.4) is 0 Å². The van der Waals surface area contributed by atoms with E-state index in [1.165, 1.54) is 0 Å². The van der Waals surface area contributed by atoms with E-state index in [1.807, 2.05) is 38.2 Å². The molecule has 0 bridgehead atoms. The smallest absolute Gasteiger partial charge is 0.234 e. The van der Waals surface area contributed by atoms with Crippen molar-refractivity contribution in [2.24, 2.45) is 0 Å². The lowest BCUT2D eigenvalue weighted by atomic mass is 9.92. The van der Waals surface area contributed by atoms with Crippen LogP contribution < -0.4 is 9.64 Å². The van der Waals surface area contributed by atoms with Crippen molar-refractivity contribution < 1.29 is 9.53 Å². The molecule has 0 saturated carbocycles. The first kappa shape index (κ1) is 15.1. The number of aryl methyl sites for hydroxylation is 1. The van der Waals surface area contributed by atoms with Crippen molar-refractivity contribution in [2.45, 2.75) is 19.3 Å². The van der Waals surface area contributed by atoms with E-state index in [1.54, 1.807) is 12.0 Å². The van der Waals surface area contributed by atoms with Crippen LogP contribution in [0.25, 0.3) is 0 Å². The van der Waals surface area contributed by atoms with Crippen LogP contribution in [-0.4, -0.2) is 20.1 Å². The number of methoxy groups -OCH3 is 1. The minimum absolute atomic E-state index is 0.120. The number of fused-ring (bicyclic) bond motifs is 1. The van der Waals surface area contributed by atoms with Crippen molar-refractivity contribution in [3.63, 3.8) is 0 Å². The SMILES string of the molecule is COc1ccc(CC2C(=O)N(C)c3ccc(Br)cc32)cc1C. The third kappa shape index (κ3) is 2.52. The van der Waals surface area contributed by atoms with Gasteiger partial charge in [-0.05, 0) is 54.3 Å². The van der Waals surface area contributed by atoms with Crippen molar-refractivity contribution in [3.8, 4) is 5.75 Å². The lowest BCUT2D eigenvalue weighted by molar-refractivity contribution is -0.119. The third-order valence-corrected chi connectivity index (χ3v) is 4.75. The number of rotatable bonds is 3. The Morgan fingerprint density at radius 2 is 2.00 bits per heavy atom. The van der Waals surface area contributed by atoms with E-state index in [0.717, 1.165) is 32.6 Å². The maximum absolute atomic E-state index is 12.6. The average Bonchev–Trinajstić information content (AvgIpc) is 2.72. The normalized spacial score (nSPS) is 16.8. The maximum Gasteiger partial charge on any atom is 0.234 e. The Morgan fingerprint density at radius 1 is 1.23 bits per heavy atom. The van der Waals surface area contributed by atoms with Gasteiger partial charge >= 0.3 is 0 Å². The van der Waals surface area contributed by atoms with Gasteiger partial charge in [0.1, 0.15) is 5.75 Å². The molecule has 114 valence electrons. The first-order valence-electron chi connectivity index (χ1n) is 7.22. The first-order chi connectivity index (χ1) is 10.5. The van der Waals surface area contributed by atoms with Crippen molar-refractivity contribution in [2.75, 3.05) is 19.1 Å². The van der Waals surface area contributed by atoms with Gasteiger partial charge in [0.25, 0.3) is 0 Å². The number of ether oxygens (including phenoxy) is 1. The lowest BCUT2D eigenvalue weighted by Crippen LogP contribution is -2.24. The molecule has 2 aromatic carbocycles. The second-order valence-electron chi connectivity index (χ2n) is 5.66. The highest BCUT2D eigenvalue weighted by molar-refractivity contribution is 9.10. The molecule has 1 heterocycles. The van der Waals surface area contributed by atoms with Crippen molar-refractivity contribution in [1.82, 2.24) is 0 Å². The molecular formula is C18H18BrNO2. The van der Waals surface area contributed by atoms with E-state index in [9.17, 15) is 4.79 Å². The van der Waals surface area contributed by atoms with Crippen LogP contribution in [-0.2, 0) is 11.2 Å². The van der Waals surface area contributed by atoms with Crippen molar-refractivity contribution in [3.05, 3.63) is 57.6 Å². The zero-order valence-electron chi connectivity index (χ0n) is 12.9. The standard InChI is InChI=1S/C18H18BrNO2/c1-11-8-12(4-7-17(11)22-3)9-15-14-10-13(19)5-6-16(14)20(2)18(15)21/h4-8,10,15H,9H2,1-3H3. The van der Waals surface area contributed by atoms with E-state index < -0.39 is 0 Å². The second-order valence-corrected chi connectivity index (χ2v) is 6.58. The molecule has 3 rings (SSSR count). The zero-order valence-corrected chi connectivity index (χ0v) is 14.5. The zero-order chi connectivity index (χ0) is 15.9. The molecular weight excluding hydrogens is 342 g/mol. The van der Waals surface area contributed by atoms with Gasteiger partial charge in [0, 0.05) is 17.2 Å². The van der Waals surface area contributed by atoms with Gasteiger partial charge < -0.3 is 9.64 Å². The Morgan fingerprint density at radius 3 is 2.68 bits per heavy atom. The largest absolute Gasteiger partial charge is 0.496 e. The number of likely N-dealkylation sites (N-methyl/N-ethyl adjacent to an activating group) is 1. The number of anilines is 1. The number of carbonyl (C=O) groups is 1. The molecule has 3 nitrogen and oxygen atoms in total. The van der Waals surface area contributed by atoms with E-state index in [4.69, 9.17) is 4.74 Å². The Bertz CT molecular complexity index is 742. The monoisotopic (exact) mass is 359 g/mol. The molecule has 1 aliphatic heterocycles. The highest BCUT2D eigenvalue weighted by Crippen LogP contribution is 2.40. The molecule has 0 aromatic heterocycles. The quantitative estimate of drug-likeness (QED) is 0.826. The van der Waals surface area contributed by atoms with Gasteiger partial charge in [-0.15, -0.1) is 0 Å². The summed E-state index contributed by atoms with van der Waals surface area (Å²) >= 11 is 3.50. The van der Waals surface area contributed by atoms with E-state index in [-0.39, 0.29) is 11.8 Å². The molecule has 0 fully saturated rings. The van der Waals surface area contributed by atoms with E-state index >= 15 is 0 Å².